The van der Waals surface area contributed by atoms with Crippen molar-refractivity contribution in [2.45, 2.75) is 20.3 Å². The van der Waals surface area contributed by atoms with Crippen LogP contribution >= 0.6 is 8.03 Å². The van der Waals surface area contributed by atoms with Gasteiger partial charge in [-0.15, -0.1) is 0 Å². The molecule has 0 fully saturated rings. The average Bonchev–Trinajstić information content (AvgIpc) is 2.00. The number of rotatable bonds is 5. The maximum atomic E-state index is 10.7. The van der Waals surface area contributed by atoms with Crippen LogP contribution in [0.15, 0.2) is 0 Å². The molecule has 66 valence electrons. The van der Waals surface area contributed by atoms with Crippen molar-refractivity contribution in [1.29, 1.82) is 0 Å². The first-order valence-electron chi connectivity index (χ1n) is 3.56. The van der Waals surface area contributed by atoms with Crippen LogP contribution in [0.1, 0.15) is 20.3 Å². The SMILES string of the molecule is CCCOC(=O)[PH](=O)OCC. The van der Waals surface area contributed by atoms with Crippen molar-refractivity contribution < 1.29 is 18.6 Å². The highest BCUT2D eigenvalue weighted by molar-refractivity contribution is 7.58. The molecular formula is C6H13O4P. The molecule has 0 aromatic rings. The minimum Gasteiger partial charge on any atom is -0.459 e. The van der Waals surface area contributed by atoms with E-state index < -0.39 is 13.7 Å². The van der Waals surface area contributed by atoms with E-state index in [0.29, 0.717) is 6.61 Å². The fourth-order valence-electron chi connectivity index (χ4n) is 0.444. The molecule has 0 aliphatic carbocycles. The molecule has 0 spiro atoms. The summed E-state index contributed by atoms with van der Waals surface area (Å²) in [5.41, 5.74) is -0.723. The Bertz CT molecular complexity index is 146. The van der Waals surface area contributed by atoms with Crippen molar-refractivity contribution in [2.24, 2.45) is 0 Å². The molecule has 0 aromatic heterocycles. The van der Waals surface area contributed by atoms with Gasteiger partial charge >= 0.3 is 5.71 Å². The first-order chi connectivity index (χ1) is 5.22. The van der Waals surface area contributed by atoms with Gasteiger partial charge in [0.2, 0.25) is 0 Å². The summed E-state index contributed by atoms with van der Waals surface area (Å²) in [6.45, 7) is 4.13. The lowest BCUT2D eigenvalue weighted by molar-refractivity contribution is 0.168. The third-order valence-electron chi connectivity index (χ3n) is 0.879. The minimum absolute atomic E-state index is 0.277. The Morgan fingerprint density at radius 2 is 2.09 bits per heavy atom. The molecule has 5 heteroatoms. The number of carbonyl (C=O) groups excluding carboxylic acids is 1. The Labute approximate surface area is 66.7 Å². The molecule has 0 heterocycles. The standard InChI is InChI=1S/C6H13O4P/c1-3-5-9-6(7)11(8)10-4-2/h11H,3-5H2,1-2H3. The summed E-state index contributed by atoms with van der Waals surface area (Å²) in [7, 11) is -2.60. The minimum atomic E-state index is -2.60. The molecule has 0 aliphatic heterocycles. The van der Waals surface area contributed by atoms with E-state index in [1.165, 1.54) is 0 Å². The lowest BCUT2D eigenvalue weighted by Gasteiger charge is -2.01. The van der Waals surface area contributed by atoms with E-state index in [1.54, 1.807) is 6.92 Å². The number of ether oxygens (including phenoxy) is 1. The van der Waals surface area contributed by atoms with Crippen molar-refractivity contribution >= 4 is 13.7 Å². The zero-order valence-electron chi connectivity index (χ0n) is 6.75. The van der Waals surface area contributed by atoms with Gasteiger partial charge in [-0.3, -0.25) is 4.57 Å². The summed E-state index contributed by atoms with van der Waals surface area (Å²) in [5, 5.41) is 0. The molecular weight excluding hydrogens is 167 g/mol. The first-order valence-corrected chi connectivity index (χ1v) is 4.87. The van der Waals surface area contributed by atoms with Crippen molar-refractivity contribution in [3.63, 3.8) is 0 Å². The molecule has 0 radical (unpaired) electrons. The zero-order valence-corrected chi connectivity index (χ0v) is 7.75. The molecule has 0 saturated carbocycles. The quantitative estimate of drug-likeness (QED) is 0.607. The van der Waals surface area contributed by atoms with Crippen molar-refractivity contribution in [2.75, 3.05) is 13.2 Å². The maximum Gasteiger partial charge on any atom is 0.388 e. The van der Waals surface area contributed by atoms with Gasteiger partial charge in [0, 0.05) is 0 Å². The summed E-state index contributed by atoms with van der Waals surface area (Å²) >= 11 is 0. The van der Waals surface area contributed by atoms with E-state index in [0.717, 1.165) is 6.42 Å². The van der Waals surface area contributed by atoms with Gasteiger partial charge in [0.05, 0.1) is 13.2 Å². The van der Waals surface area contributed by atoms with Gasteiger partial charge in [0.15, 0.2) is 0 Å². The van der Waals surface area contributed by atoms with Gasteiger partial charge in [-0.2, -0.15) is 0 Å². The number of carbonyl (C=O) groups is 1. The van der Waals surface area contributed by atoms with E-state index >= 15 is 0 Å². The fraction of sp³-hybridized carbons (Fsp3) is 0.833. The predicted molar refractivity (Wildman–Crippen MR) is 42.3 cm³/mol. The first kappa shape index (κ1) is 10.7. The molecule has 0 rings (SSSR count). The monoisotopic (exact) mass is 180 g/mol. The highest BCUT2D eigenvalue weighted by Crippen LogP contribution is 2.24. The smallest absolute Gasteiger partial charge is 0.388 e. The summed E-state index contributed by atoms with van der Waals surface area (Å²) < 4.78 is 19.9. The molecule has 4 nitrogen and oxygen atoms in total. The van der Waals surface area contributed by atoms with Crippen LogP contribution in [0.25, 0.3) is 0 Å². The second-order valence-corrected chi connectivity index (χ2v) is 3.13. The van der Waals surface area contributed by atoms with Crippen molar-refractivity contribution in [3.05, 3.63) is 0 Å². The molecule has 1 atom stereocenters. The molecule has 1 unspecified atom stereocenters. The van der Waals surface area contributed by atoms with Crippen LogP contribution in [0.2, 0.25) is 0 Å². The third-order valence-corrected chi connectivity index (χ3v) is 1.91. The second kappa shape index (κ2) is 6.38. The molecule has 0 aromatic carbocycles. The van der Waals surface area contributed by atoms with Gasteiger partial charge in [0.25, 0.3) is 8.03 Å². The summed E-state index contributed by atoms with van der Waals surface area (Å²) in [4.78, 5) is 10.7. The summed E-state index contributed by atoms with van der Waals surface area (Å²) in [5.74, 6) is 0. The number of hydrogen-bond donors (Lipinski definition) is 0. The van der Waals surface area contributed by atoms with E-state index in [2.05, 4.69) is 9.26 Å². The van der Waals surface area contributed by atoms with Crippen LogP contribution < -0.4 is 0 Å². The van der Waals surface area contributed by atoms with Crippen LogP contribution in [0.3, 0.4) is 0 Å². The van der Waals surface area contributed by atoms with E-state index in [9.17, 15) is 9.36 Å². The van der Waals surface area contributed by atoms with E-state index in [1.807, 2.05) is 6.92 Å². The normalized spacial score (nSPS) is 12.5. The lowest BCUT2D eigenvalue weighted by Crippen LogP contribution is -1.99. The average molecular weight is 180 g/mol. The molecule has 0 amide bonds. The van der Waals surface area contributed by atoms with E-state index in [4.69, 9.17) is 0 Å². The predicted octanol–water partition coefficient (Wildman–Crippen LogP) is 2.04. The van der Waals surface area contributed by atoms with Crippen LogP contribution in [0, 0.1) is 0 Å². The molecule has 0 aliphatic rings. The highest BCUT2D eigenvalue weighted by Gasteiger charge is 2.11. The summed E-state index contributed by atoms with van der Waals surface area (Å²) in [6, 6.07) is 0. The largest absolute Gasteiger partial charge is 0.459 e. The Balaban J connectivity index is 3.56. The van der Waals surface area contributed by atoms with Gasteiger partial charge in [0.1, 0.15) is 0 Å². The van der Waals surface area contributed by atoms with Gasteiger partial charge < -0.3 is 9.26 Å². The summed E-state index contributed by atoms with van der Waals surface area (Å²) in [6.07, 6.45) is 0.729. The third kappa shape index (κ3) is 4.99. The van der Waals surface area contributed by atoms with Gasteiger partial charge in [-0.25, -0.2) is 4.79 Å². The van der Waals surface area contributed by atoms with Gasteiger partial charge in [-0.1, -0.05) is 6.92 Å². The maximum absolute atomic E-state index is 10.7. The fourth-order valence-corrected chi connectivity index (χ4v) is 1.04. The molecule has 0 N–H and O–H groups in total. The zero-order chi connectivity index (χ0) is 8.69. The van der Waals surface area contributed by atoms with Gasteiger partial charge in [-0.05, 0) is 13.3 Å². The molecule has 0 saturated heterocycles. The van der Waals surface area contributed by atoms with Crippen LogP contribution in [-0.2, 0) is 13.8 Å². The topological polar surface area (TPSA) is 52.6 Å². The van der Waals surface area contributed by atoms with Crippen LogP contribution in [0.5, 0.6) is 0 Å². The Morgan fingerprint density at radius 1 is 1.45 bits per heavy atom. The number of hydrogen-bond acceptors (Lipinski definition) is 4. The second-order valence-electron chi connectivity index (χ2n) is 1.86. The van der Waals surface area contributed by atoms with Crippen molar-refractivity contribution in [3.8, 4) is 0 Å². The molecule has 11 heavy (non-hydrogen) atoms. The Morgan fingerprint density at radius 3 is 2.55 bits per heavy atom. The molecule has 0 bridgehead atoms. The van der Waals surface area contributed by atoms with Crippen LogP contribution in [0.4, 0.5) is 4.79 Å². The lowest BCUT2D eigenvalue weighted by atomic mass is 10.5. The van der Waals surface area contributed by atoms with E-state index in [-0.39, 0.29) is 6.61 Å². The Hall–Kier alpha value is -0.340. The Kier molecular flexibility index (Phi) is 6.18. The van der Waals surface area contributed by atoms with Crippen LogP contribution in [-0.4, -0.2) is 18.9 Å². The van der Waals surface area contributed by atoms with Crippen molar-refractivity contribution in [1.82, 2.24) is 0 Å². The highest BCUT2D eigenvalue weighted by atomic mass is 31.1.